The lowest BCUT2D eigenvalue weighted by Gasteiger charge is -1.87. The van der Waals surface area contributed by atoms with Gasteiger partial charge >= 0.3 is 10.1 Å². The van der Waals surface area contributed by atoms with Gasteiger partial charge in [-0.15, -0.1) is 11.3 Å². The molecule has 0 aliphatic carbocycles. The average molecular weight is 250 g/mol. The number of thiophene rings is 1. The van der Waals surface area contributed by atoms with Gasteiger partial charge in [0.05, 0.1) is 10.2 Å². The smallest absolute Gasteiger partial charge is 0.281 e. The second kappa shape index (κ2) is 3.16. The molecule has 0 spiro atoms. The Kier molecular flexibility index (Phi) is 2.23. The molecule has 2 aromatic rings. The van der Waals surface area contributed by atoms with Crippen LogP contribution >= 0.6 is 22.9 Å². The Balaban J connectivity index is 2.75. The molecule has 2 rings (SSSR count). The maximum absolute atomic E-state index is 10.8. The van der Waals surface area contributed by atoms with Gasteiger partial charge < -0.3 is 0 Å². The first-order chi connectivity index (χ1) is 6.47. The molecule has 0 saturated carbocycles. The third-order valence-electron chi connectivity index (χ3n) is 1.57. The van der Waals surface area contributed by atoms with Crippen molar-refractivity contribution in [3.8, 4) is 0 Å². The van der Waals surface area contributed by atoms with Gasteiger partial charge in [0.2, 0.25) is 0 Å². The van der Waals surface area contributed by atoms with E-state index in [0.717, 1.165) is 11.3 Å². The van der Waals surface area contributed by atoms with Crippen LogP contribution in [0.2, 0.25) is 5.15 Å². The van der Waals surface area contributed by atoms with Gasteiger partial charge in [-0.2, -0.15) is 8.42 Å². The minimum atomic E-state index is -4.14. The molecule has 0 aliphatic heterocycles. The normalized spacial score (nSPS) is 12.1. The molecular formula is C7H4ClNO3S2. The van der Waals surface area contributed by atoms with Crippen LogP contribution in [0.25, 0.3) is 10.2 Å². The van der Waals surface area contributed by atoms with Crippen molar-refractivity contribution in [2.75, 3.05) is 0 Å². The lowest BCUT2D eigenvalue weighted by molar-refractivity contribution is 0.485. The molecule has 2 aromatic heterocycles. The van der Waals surface area contributed by atoms with Crippen LogP contribution in [-0.4, -0.2) is 18.0 Å². The molecule has 0 bridgehead atoms. The molecule has 14 heavy (non-hydrogen) atoms. The van der Waals surface area contributed by atoms with E-state index in [1.54, 1.807) is 12.1 Å². The lowest BCUT2D eigenvalue weighted by Crippen LogP contribution is -1.93. The van der Waals surface area contributed by atoms with Crippen molar-refractivity contribution in [1.29, 1.82) is 0 Å². The van der Waals surface area contributed by atoms with Crippen LogP contribution < -0.4 is 0 Å². The van der Waals surface area contributed by atoms with E-state index in [1.165, 1.54) is 6.07 Å². The van der Waals surface area contributed by atoms with Gasteiger partial charge in [-0.25, -0.2) is 4.98 Å². The minimum absolute atomic E-state index is 0.123. The van der Waals surface area contributed by atoms with E-state index < -0.39 is 10.1 Å². The highest BCUT2D eigenvalue weighted by atomic mass is 35.5. The van der Waals surface area contributed by atoms with E-state index >= 15 is 0 Å². The summed E-state index contributed by atoms with van der Waals surface area (Å²) in [5, 5.41) is 0.289. The number of rotatable bonds is 1. The van der Waals surface area contributed by atoms with Crippen LogP contribution in [0.3, 0.4) is 0 Å². The molecule has 0 unspecified atom stereocenters. The third-order valence-corrected chi connectivity index (χ3v) is 4.17. The zero-order valence-corrected chi connectivity index (χ0v) is 9.03. The second-order valence-electron chi connectivity index (χ2n) is 2.56. The van der Waals surface area contributed by atoms with Crippen molar-refractivity contribution < 1.29 is 13.0 Å². The molecule has 0 amide bonds. The number of hydrogen-bond donors (Lipinski definition) is 1. The molecule has 2 heterocycles. The highest BCUT2D eigenvalue weighted by Crippen LogP contribution is 2.28. The van der Waals surface area contributed by atoms with Crippen molar-refractivity contribution in [3.05, 3.63) is 23.4 Å². The number of aromatic nitrogens is 1. The zero-order valence-electron chi connectivity index (χ0n) is 6.64. The Morgan fingerprint density at radius 3 is 2.79 bits per heavy atom. The number of nitrogens with zero attached hydrogens (tertiary/aromatic N) is 1. The maximum atomic E-state index is 10.8. The zero-order chi connectivity index (χ0) is 10.3. The molecule has 7 heteroatoms. The predicted molar refractivity (Wildman–Crippen MR) is 54.4 cm³/mol. The van der Waals surface area contributed by atoms with E-state index in [4.69, 9.17) is 16.2 Å². The standard InChI is InChI=1S/C7H4ClNO3S2/c8-6-2-1-5-4(9-6)3-7(13-5)14(10,11)12/h1-3H,(H,10,11,12). The highest BCUT2D eigenvalue weighted by molar-refractivity contribution is 7.88. The van der Waals surface area contributed by atoms with E-state index in [2.05, 4.69) is 4.98 Å². The topological polar surface area (TPSA) is 67.3 Å². The third kappa shape index (κ3) is 1.74. The van der Waals surface area contributed by atoms with Crippen molar-refractivity contribution in [1.82, 2.24) is 4.98 Å². The van der Waals surface area contributed by atoms with Crippen LogP contribution in [0.1, 0.15) is 0 Å². The first-order valence-corrected chi connectivity index (χ1v) is 6.14. The number of pyridine rings is 1. The van der Waals surface area contributed by atoms with Crippen molar-refractivity contribution in [3.63, 3.8) is 0 Å². The lowest BCUT2D eigenvalue weighted by atomic mass is 10.4. The Labute approximate surface area is 88.9 Å². The first kappa shape index (κ1) is 9.85. The molecule has 1 N–H and O–H groups in total. The Morgan fingerprint density at radius 2 is 2.14 bits per heavy atom. The molecular weight excluding hydrogens is 246 g/mol. The van der Waals surface area contributed by atoms with Crippen LogP contribution in [0, 0.1) is 0 Å². The van der Waals surface area contributed by atoms with E-state index in [9.17, 15) is 8.42 Å². The summed E-state index contributed by atoms with van der Waals surface area (Å²) in [7, 11) is -4.14. The fourth-order valence-electron chi connectivity index (χ4n) is 1.00. The Hall–Kier alpha value is -0.690. The summed E-state index contributed by atoms with van der Waals surface area (Å²) in [6.45, 7) is 0. The van der Waals surface area contributed by atoms with Crippen LogP contribution in [0.15, 0.2) is 22.4 Å². The number of hydrogen-bond acceptors (Lipinski definition) is 4. The largest absolute Gasteiger partial charge is 0.304 e. The van der Waals surface area contributed by atoms with Crippen LogP contribution in [0.5, 0.6) is 0 Å². The molecule has 0 fully saturated rings. The van der Waals surface area contributed by atoms with Gasteiger partial charge in [0.15, 0.2) is 0 Å². The summed E-state index contributed by atoms with van der Waals surface area (Å²) in [5.74, 6) is 0. The summed E-state index contributed by atoms with van der Waals surface area (Å²) >= 11 is 6.58. The van der Waals surface area contributed by atoms with Crippen molar-refractivity contribution in [2.45, 2.75) is 4.21 Å². The molecule has 0 radical (unpaired) electrons. The average Bonchev–Trinajstić information content (AvgIpc) is 2.45. The second-order valence-corrected chi connectivity index (χ2v) is 5.68. The fourth-order valence-corrected chi connectivity index (χ4v) is 2.84. The minimum Gasteiger partial charge on any atom is -0.281 e. The van der Waals surface area contributed by atoms with Gasteiger partial charge in [-0.1, -0.05) is 11.6 Å². The molecule has 0 aliphatic rings. The monoisotopic (exact) mass is 249 g/mol. The number of halogens is 1. The molecule has 74 valence electrons. The summed E-state index contributed by atoms with van der Waals surface area (Å²) in [5.41, 5.74) is 0.468. The van der Waals surface area contributed by atoms with Gasteiger partial charge in [0.1, 0.15) is 9.36 Å². The fraction of sp³-hybridized carbons (Fsp3) is 0. The quantitative estimate of drug-likeness (QED) is 0.621. The number of fused-ring (bicyclic) bond motifs is 1. The highest BCUT2D eigenvalue weighted by Gasteiger charge is 2.14. The van der Waals surface area contributed by atoms with Crippen molar-refractivity contribution in [2.24, 2.45) is 0 Å². The summed E-state index contributed by atoms with van der Waals surface area (Å²) in [6.07, 6.45) is 0. The summed E-state index contributed by atoms with van der Waals surface area (Å²) in [6, 6.07) is 4.51. The van der Waals surface area contributed by atoms with E-state index in [0.29, 0.717) is 10.2 Å². The van der Waals surface area contributed by atoms with Crippen LogP contribution in [-0.2, 0) is 10.1 Å². The Morgan fingerprint density at radius 1 is 1.43 bits per heavy atom. The van der Waals surface area contributed by atoms with Gasteiger partial charge in [-0.05, 0) is 18.2 Å². The molecule has 4 nitrogen and oxygen atoms in total. The van der Waals surface area contributed by atoms with Crippen molar-refractivity contribution >= 4 is 43.3 Å². The van der Waals surface area contributed by atoms with Crippen LogP contribution in [0.4, 0.5) is 0 Å². The molecule has 0 atom stereocenters. The Bertz CT molecular complexity index is 590. The maximum Gasteiger partial charge on any atom is 0.304 e. The van der Waals surface area contributed by atoms with Gasteiger partial charge in [0.25, 0.3) is 0 Å². The summed E-state index contributed by atoms with van der Waals surface area (Å²) < 4.78 is 30.9. The predicted octanol–water partition coefficient (Wildman–Crippen LogP) is 2.20. The van der Waals surface area contributed by atoms with E-state index in [1.807, 2.05) is 0 Å². The molecule has 0 aromatic carbocycles. The molecule has 0 saturated heterocycles. The SMILES string of the molecule is O=S(=O)(O)c1cc2nc(Cl)ccc2s1. The van der Waals surface area contributed by atoms with Gasteiger partial charge in [0, 0.05) is 0 Å². The van der Waals surface area contributed by atoms with E-state index in [-0.39, 0.29) is 9.36 Å². The summed E-state index contributed by atoms with van der Waals surface area (Å²) in [4.78, 5) is 3.91. The van der Waals surface area contributed by atoms with Gasteiger partial charge in [-0.3, -0.25) is 4.55 Å². The first-order valence-electron chi connectivity index (χ1n) is 3.50.